The molecule has 0 saturated carbocycles. The molecule has 4 heteroatoms. The molecule has 27 heavy (non-hydrogen) atoms. The Morgan fingerprint density at radius 1 is 0.815 bits per heavy atom. The van der Waals surface area contributed by atoms with Crippen LogP contribution in [-0.4, -0.2) is 47.8 Å². The maximum atomic E-state index is 12.6. The van der Waals surface area contributed by atoms with Crippen molar-refractivity contribution in [2.45, 2.75) is 32.6 Å². The molecule has 1 aliphatic heterocycles. The van der Waals surface area contributed by atoms with Crippen LogP contribution in [0.4, 0.5) is 0 Å². The minimum atomic E-state index is 0.148. The lowest BCUT2D eigenvalue weighted by molar-refractivity contribution is -0.133. The first-order chi connectivity index (χ1) is 13.1. The molecule has 2 aromatic carbocycles. The fourth-order valence-corrected chi connectivity index (χ4v) is 3.58. The van der Waals surface area contributed by atoms with Crippen molar-refractivity contribution in [3.05, 3.63) is 71.3 Å². The van der Waals surface area contributed by atoms with E-state index in [-0.39, 0.29) is 11.8 Å². The summed E-state index contributed by atoms with van der Waals surface area (Å²) in [5.74, 6) is 0.337. The molecule has 3 rings (SSSR count). The fourth-order valence-electron chi connectivity index (χ4n) is 3.58. The molecule has 1 heterocycles. The van der Waals surface area contributed by atoms with E-state index in [2.05, 4.69) is 25.1 Å². The molecular weight excluding hydrogens is 336 g/mol. The SMILES string of the molecule is Cc1cccc(CCC(=O)N2CCCN(C(=O)Cc3ccccc3)CC2)c1. The van der Waals surface area contributed by atoms with Crippen LogP contribution in [-0.2, 0) is 22.4 Å². The van der Waals surface area contributed by atoms with Gasteiger partial charge in [-0.3, -0.25) is 9.59 Å². The normalized spacial score (nSPS) is 14.7. The van der Waals surface area contributed by atoms with Crippen molar-refractivity contribution in [2.24, 2.45) is 0 Å². The van der Waals surface area contributed by atoms with Crippen molar-refractivity contribution in [3.8, 4) is 0 Å². The Labute approximate surface area is 161 Å². The van der Waals surface area contributed by atoms with Crippen molar-refractivity contribution in [2.75, 3.05) is 26.2 Å². The number of carbonyl (C=O) groups is 2. The van der Waals surface area contributed by atoms with Gasteiger partial charge in [-0.1, -0.05) is 60.2 Å². The summed E-state index contributed by atoms with van der Waals surface area (Å²) in [5.41, 5.74) is 3.47. The maximum absolute atomic E-state index is 12.6. The van der Waals surface area contributed by atoms with Crippen LogP contribution in [0.15, 0.2) is 54.6 Å². The van der Waals surface area contributed by atoms with E-state index in [9.17, 15) is 9.59 Å². The third-order valence-corrected chi connectivity index (χ3v) is 5.11. The number of rotatable bonds is 5. The molecule has 1 fully saturated rings. The lowest BCUT2D eigenvalue weighted by atomic mass is 10.1. The lowest BCUT2D eigenvalue weighted by Crippen LogP contribution is -2.38. The molecule has 0 aromatic heterocycles. The van der Waals surface area contributed by atoms with Crippen LogP contribution in [0, 0.1) is 6.92 Å². The predicted octanol–water partition coefficient (Wildman–Crippen LogP) is 3.23. The number of carbonyl (C=O) groups excluding carboxylic acids is 2. The quantitative estimate of drug-likeness (QED) is 0.817. The van der Waals surface area contributed by atoms with E-state index in [1.54, 1.807) is 0 Å². The van der Waals surface area contributed by atoms with Crippen LogP contribution in [0.1, 0.15) is 29.5 Å². The average Bonchev–Trinajstić information content (AvgIpc) is 2.93. The second-order valence-electron chi connectivity index (χ2n) is 7.27. The van der Waals surface area contributed by atoms with Gasteiger partial charge in [-0.05, 0) is 30.9 Å². The van der Waals surface area contributed by atoms with Gasteiger partial charge >= 0.3 is 0 Å². The van der Waals surface area contributed by atoms with E-state index < -0.39 is 0 Å². The zero-order valence-electron chi connectivity index (χ0n) is 16.1. The monoisotopic (exact) mass is 364 g/mol. The zero-order valence-corrected chi connectivity index (χ0v) is 16.1. The Morgan fingerprint density at radius 2 is 1.48 bits per heavy atom. The predicted molar refractivity (Wildman–Crippen MR) is 107 cm³/mol. The van der Waals surface area contributed by atoms with Crippen molar-refractivity contribution in [1.29, 1.82) is 0 Å². The molecule has 0 N–H and O–H groups in total. The van der Waals surface area contributed by atoms with Crippen LogP contribution in [0.25, 0.3) is 0 Å². The first-order valence-electron chi connectivity index (χ1n) is 9.77. The first-order valence-corrected chi connectivity index (χ1v) is 9.77. The van der Waals surface area contributed by atoms with Crippen LogP contribution in [0.3, 0.4) is 0 Å². The fraction of sp³-hybridized carbons (Fsp3) is 0.391. The maximum Gasteiger partial charge on any atom is 0.227 e. The number of aryl methyl sites for hydroxylation is 2. The van der Waals surface area contributed by atoms with Crippen molar-refractivity contribution in [3.63, 3.8) is 0 Å². The van der Waals surface area contributed by atoms with Crippen molar-refractivity contribution in [1.82, 2.24) is 9.80 Å². The number of hydrogen-bond donors (Lipinski definition) is 0. The van der Waals surface area contributed by atoms with E-state index in [0.717, 1.165) is 31.5 Å². The summed E-state index contributed by atoms with van der Waals surface area (Å²) in [6.07, 6.45) is 2.58. The van der Waals surface area contributed by atoms with E-state index in [0.29, 0.717) is 25.9 Å². The second kappa shape index (κ2) is 9.36. The van der Waals surface area contributed by atoms with Gasteiger partial charge in [0.15, 0.2) is 0 Å². The van der Waals surface area contributed by atoms with Crippen LogP contribution in [0.5, 0.6) is 0 Å². The Morgan fingerprint density at radius 3 is 2.19 bits per heavy atom. The molecule has 0 aliphatic carbocycles. The van der Waals surface area contributed by atoms with Gasteiger partial charge in [0.2, 0.25) is 11.8 Å². The minimum absolute atomic E-state index is 0.148. The molecule has 4 nitrogen and oxygen atoms in total. The summed E-state index contributed by atoms with van der Waals surface area (Å²) in [4.78, 5) is 29.0. The number of amides is 2. The smallest absolute Gasteiger partial charge is 0.227 e. The molecule has 1 saturated heterocycles. The Balaban J connectivity index is 1.48. The molecule has 142 valence electrons. The molecule has 2 amide bonds. The van der Waals surface area contributed by atoms with Gasteiger partial charge in [-0.25, -0.2) is 0 Å². The summed E-state index contributed by atoms with van der Waals surface area (Å²) >= 11 is 0. The van der Waals surface area contributed by atoms with Crippen LogP contribution >= 0.6 is 0 Å². The second-order valence-corrected chi connectivity index (χ2v) is 7.27. The first kappa shape index (κ1) is 19.2. The summed E-state index contributed by atoms with van der Waals surface area (Å²) < 4.78 is 0. The zero-order chi connectivity index (χ0) is 19.1. The minimum Gasteiger partial charge on any atom is -0.341 e. The molecule has 0 atom stereocenters. The van der Waals surface area contributed by atoms with Crippen LogP contribution < -0.4 is 0 Å². The van der Waals surface area contributed by atoms with Gasteiger partial charge in [0.1, 0.15) is 0 Å². The standard InChI is InChI=1S/C23H28N2O2/c1-19-7-5-10-21(17-19)11-12-22(26)24-13-6-14-25(16-15-24)23(27)18-20-8-3-2-4-9-20/h2-5,7-10,17H,6,11-16,18H2,1H3. The van der Waals surface area contributed by atoms with Gasteiger partial charge < -0.3 is 9.80 Å². The third-order valence-electron chi connectivity index (χ3n) is 5.11. The summed E-state index contributed by atoms with van der Waals surface area (Å²) in [6.45, 7) is 4.80. The highest BCUT2D eigenvalue weighted by Crippen LogP contribution is 2.11. The highest BCUT2D eigenvalue weighted by atomic mass is 16.2. The third kappa shape index (κ3) is 5.68. The van der Waals surface area contributed by atoms with Gasteiger partial charge in [-0.15, -0.1) is 0 Å². The highest BCUT2D eigenvalue weighted by molar-refractivity contribution is 5.79. The number of nitrogens with zero attached hydrogens (tertiary/aromatic N) is 2. The molecule has 0 radical (unpaired) electrons. The van der Waals surface area contributed by atoms with Crippen molar-refractivity contribution >= 4 is 11.8 Å². The topological polar surface area (TPSA) is 40.6 Å². The number of hydrogen-bond acceptors (Lipinski definition) is 2. The molecule has 0 bridgehead atoms. The van der Waals surface area contributed by atoms with Gasteiger partial charge in [0.25, 0.3) is 0 Å². The molecular formula is C23H28N2O2. The van der Waals surface area contributed by atoms with Gasteiger partial charge in [-0.2, -0.15) is 0 Å². The summed E-state index contributed by atoms with van der Waals surface area (Å²) in [6, 6.07) is 18.2. The average molecular weight is 364 g/mol. The lowest BCUT2D eigenvalue weighted by Gasteiger charge is -2.22. The van der Waals surface area contributed by atoms with E-state index in [1.165, 1.54) is 11.1 Å². The molecule has 0 unspecified atom stereocenters. The van der Waals surface area contributed by atoms with E-state index >= 15 is 0 Å². The summed E-state index contributed by atoms with van der Waals surface area (Å²) in [7, 11) is 0. The number of benzene rings is 2. The van der Waals surface area contributed by atoms with E-state index in [1.807, 2.05) is 46.2 Å². The summed E-state index contributed by atoms with van der Waals surface area (Å²) in [5, 5.41) is 0. The largest absolute Gasteiger partial charge is 0.341 e. The molecule has 0 spiro atoms. The Hall–Kier alpha value is -2.62. The van der Waals surface area contributed by atoms with Gasteiger partial charge in [0.05, 0.1) is 6.42 Å². The Kier molecular flexibility index (Phi) is 6.64. The molecule has 1 aliphatic rings. The van der Waals surface area contributed by atoms with Gasteiger partial charge in [0, 0.05) is 32.6 Å². The van der Waals surface area contributed by atoms with Crippen molar-refractivity contribution < 1.29 is 9.59 Å². The highest BCUT2D eigenvalue weighted by Gasteiger charge is 2.21. The Bertz CT molecular complexity index is 773. The molecule has 2 aromatic rings. The van der Waals surface area contributed by atoms with E-state index in [4.69, 9.17) is 0 Å². The van der Waals surface area contributed by atoms with Crippen LogP contribution in [0.2, 0.25) is 0 Å².